The number of nitrogens with one attached hydrogen (secondary N) is 1. The van der Waals surface area contributed by atoms with Crippen molar-refractivity contribution in [2.24, 2.45) is 0 Å². The molecule has 0 aliphatic rings. The predicted molar refractivity (Wildman–Crippen MR) is 109 cm³/mol. The third-order valence-corrected chi connectivity index (χ3v) is 5.37. The van der Waals surface area contributed by atoms with Crippen molar-refractivity contribution < 1.29 is 18.0 Å². The van der Waals surface area contributed by atoms with Crippen molar-refractivity contribution in [1.82, 2.24) is 24.9 Å². The molecule has 3 aromatic rings. The van der Waals surface area contributed by atoms with Crippen molar-refractivity contribution in [1.29, 1.82) is 0 Å². The van der Waals surface area contributed by atoms with Crippen LogP contribution < -0.4 is 5.32 Å². The number of aryl methyl sites for hydroxylation is 2. The summed E-state index contributed by atoms with van der Waals surface area (Å²) < 4.78 is 39.5. The first-order valence-electron chi connectivity index (χ1n) is 9.38. The molecule has 0 aliphatic heterocycles. The van der Waals surface area contributed by atoms with Gasteiger partial charge in [-0.2, -0.15) is 18.2 Å². The lowest BCUT2D eigenvalue weighted by atomic mass is 10.1. The fourth-order valence-corrected chi connectivity index (χ4v) is 3.51. The molecule has 0 saturated carbocycles. The van der Waals surface area contributed by atoms with Crippen LogP contribution in [0.2, 0.25) is 0 Å². The molecule has 160 valence electrons. The lowest BCUT2D eigenvalue weighted by Gasteiger charge is -2.11. The predicted octanol–water partition coefficient (Wildman–Crippen LogP) is 3.77. The van der Waals surface area contributed by atoms with E-state index in [1.807, 2.05) is 20.1 Å². The van der Waals surface area contributed by atoms with E-state index in [1.165, 1.54) is 23.9 Å². The molecule has 6 nitrogen and oxygen atoms in total. The molecule has 0 fully saturated rings. The zero-order valence-corrected chi connectivity index (χ0v) is 17.7. The van der Waals surface area contributed by atoms with Gasteiger partial charge in [-0.05, 0) is 56.2 Å². The van der Waals surface area contributed by atoms with E-state index in [-0.39, 0.29) is 12.3 Å². The maximum Gasteiger partial charge on any atom is 0.416 e. The van der Waals surface area contributed by atoms with Crippen molar-refractivity contribution in [3.05, 3.63) is 52.3 Å². The number of fused-ring (bicyclic) bond motifs is 1. The molecule has 0 radical (unpaired) electrons. The maximum absolute atomic E-state index is 12.6. The fourth-order valence-electron chi connectivity index (χ4n) is 3.17. The Morgan fingerprint density at radius 1 is 1.13 bits per heavy atom. The molecule has 0 bridgehead atoms. The van der Waals surface area contributed by atoms with Crippen LogP contribution in [0.25, 0.3) is 5.78 Å². The first kappa shape index (κ1) is 22.1. The van der Waals surface area contributed by atoms with Gasteiger partial charge in [0.15, 0.2) is 0 Å². The van der Waals surface area contributed by atoms with Gasteiger partial charge in [-0.25, -0.2) is 9.50 Å². The molecule has 0 spiro atoms. The summed E-state index contributed by atoms with van der Waals surface area (Å²) in [6.45, 7) is 4.18. The number of rotatable bonds is 7. The van der Waals surface area contributed by atoms with Crippen LogP contribution in [0.4, 0.5) is 13.2 Å². The zero-order valence-electron chi connectivity index (χ0n) is 16.9. The summed E-state index contributed by atoms with van der Waals surface area (Å²) in [4.78, 5) is 21.0. The summed E-state index contributed by atoms with van der Waals surface area (Å²) in [7, 11) is 0. The second-order valence-electron chi connectivity index (χ2n) is 6.87. The van der Waals surface area contributed by atoms with Gasteiger partial charge >= 0.3 is 6.18 Å². The lowest BCUT2D eigenvalue weighted by Crippen LogP contribution is -2.26. The Kier molecular flexibility index (Phi) is 6.64. The number of hydrogen-bond donors (Lipinski definition) is 1. The smallest absolute Gasteiger partial charge is 0.356 e. The summed E-state index contributed by atoms with van der Waals surface area (Å²) >= 11 is 1.44. The molecule has 10 heteroatoms. The van der Waals surface area contributed by atoms with Crippen LogP contribution in [0.5, 0.6) is 0 Å². The average Bonchev–Trinajstić information content (AvgIpc) is 3.11. The molecular weight excluding hydrogens is 415 g/mol. The third-order valence-electron chi connectivity index (χ3n) is 4.83. The topological polar surface area (TPSA) is 72.2 Å². The van der Waals surface area contributed by atoms with E-state index in [0.29, 0.717) is 30.3 Å². The molecule has 30 heavy (non-hydrogen) atoms. The number of aromatic nitrogens is 4. The molecule has 1 N–H and O–H groups in total. The van der Waals surface area contributed by atoms with Gasteiger partial charge < -0.3 is 5.32 Å². The Morgan fingerprint density at radius 3 is 2.47 bits per heavy atom. The van der Waals surface area contributed by atoms with Crippen LogP contribution in [-0.4, -0.2) is 38.3 Å². The van der Waals surface area contributed by atoms with Crippen molar-refractivity contribution in [2.45, 2.75) is 44.4 Å². The van der Waals surface area contributed by atoms with E-state index < -0.39 is 11.7 Å². The monoisotopic (exact) mass is 437 g/mol. The fraction of sp³-hybridized carbons (Fsp3) is 0.400. The molecule has 2 heterocycles. The number of nitrogens with zero attached hydrogens (tertiary/aromatic N) is 4. The first-order chi connectivity index (χ1) is 14.2. The van der Waals surface area contributed by atoms with Gasteiger partial charge in [0.05, 0.1) is 5.56 Å². The summed E-state index contributed by atoms with van der Waals surface area (Å²) in [6, 6.07) is 4.98. The van der Waals surface area contributed by atoms with Crippen LogP contribution >= 0.6 is 11.8 Å². The van der Waals surface area contributed by atoms with Gasteiger partial charge in [0.1, 0.15) is 0 Å². The van der Waals surface area contributed by atoms with E-state index in [4.69, 9.17) is 0 Å². The maximum atomic E-state index is 12.6. The average molecular weight is 437 g/mol. The van der Waals surface area contributed by atoms with Gasteiger partial charge in [0.2, 0.25) is 11.1 Å². The molecule has 2 aromatic heterocycles. The lowest BCUT2D eigenvalue weighted by molar-refractivity contribution is -0.137. The summed E-state index contributed by atoms with van der Waals surface area (Å²) in [6.07, 6.45) is -1.18. The van der Waals surface area contributed by atoms with Crippen LogP contribution in [0, 0.1) is 13.8 Å². The Morgan fingerprint density at radius 2 is 1.83 bits per heavy atom. The third kappa shape index (κ3) is 5.10. The normalized spacial score (nSPS) is 11.8. The molecule has 0 saturated heterocycles. The zero-order chi connectivity index (χ0) is 21.9. The van der Waals surface area contributed by atoms with Gasteiger partial charge in [-0.15, -0.1) is 5.10 Å². The van der Waals surface area contributed by atoms with Gasteiger partial charge in [-0.1, -0.05) is 23.9 Å². The first-order valence-corrected chi connectivity index (χ1v) is 10.6. The Hall–Kier alpha value is -2.62. The number of alkyl halides is 3. The van der Waals surface area contributed by atoms with Crippen molar-refractivity contribution in [3.63, 3.8) is 0 Å². The Bertz CT molecular complexity index is 1050. The van der Waals surface area contributed by atoms with Crippen molar-refractivity contribution in [3.8, 4) is 0 Å². The van der Waals surface area contributed by atoms with Crippen molar-refractivity contribution in [2.75, 3.05) is 12.8 Å². The summed E-state index contributed by atoms with van der Waals surface area (Å²) in [5.41, 5.74) is 2.74. The summed E-state index contributed by atoms with van der Waals surface area (Å²) in [5.74, 6) is 0.420. The highest BCUT2D eigenvalue weighted by Gasteiger charge is 2.29. The molecule has 3 rings (SSSR count). The SMILES string of the molecule is CSc1nc2nc(C)c(CCC(=O)NCCc3ccc(C(F)(F)F)cc3)c(C)n2n1. The number of thioether (sulfide) groups is 1. The van der Waals surface area contributed by atoms with E-state index in [1.54, 1.807) is 4.52 Å². The molecular formula is C20H22F3N5OS. The number of amides is 1. The number of carbonyl (C=O) groups is 1. The quantitative estimate of drug-likeness (QED) is 0.570. The van der Waals surface area contributed by atoms with Crippen LogP contribution in [0.15, 0.2) is 29.4 Å². The second kappa shape index (κ2) is 9.03. The van der Waals surface area contributed by atoms with Crippen LogP contribution in [0.1, 0.15) is 34.5 Å². The van der Waals surface area contributed by atoms with Crippen LogP contribution in [0.3, 0.4) is 0 Å². The summed E-state index contributed by atoms with van der Waals surface area (Å²) in [5, 5.41) is 7.86. The highest BCUT2D eigenvalue weighted by Crippen LogP contribution is 2.29. The van der Waals surface area contributed by atoms with E-state index in [0.717, 1.165) is 34.6 Å². The minimum atomic E-state index is -4.34. The number of benzene rings is 1. The Labute approximate surface area is 176 Å². The van der Waals surface area contributed by atoms with Gasteiger partial charge in [0.25, 0.3) is 5.78 Å². The minimum Gasteiger partial charge on any atom is -0.356 e. The molecule has 0 atom stereocenters. The highest BCUT2D eigenvalue weighted by atomic mass is 32.2. The standard InChI is InChI=1S/C20H22F3N5OS/c1-12-16(13(2)28-18(25-12)26-19(27-28)30-3)8-9-17(29)24-11-10-14-4-6-15(7-5-14)20(21,22)23/h4-7H,8-11H2,1-3H3,(H,24,29). The van der Waals surface area contributed by atoms with E-state index in [2.05, 4.69) is 20.4 Å². The highest BCUT2D eigenvalue weighted by molar-refractivity contribution is 7.98. The Balaban J connectivity index is 1.53. The van der Waals surface area contributed by atoms with E-state index in [9.17, 15) is 18.0 Å². The second-order valence-corrected chi connectivity index (χ2v) is 7.64. The number of halogens is 3. The van der Waals surface area contributed by atoms with Crippen LogP contribution in [-0.2, 0) is 23.8 Å². The molecule has 1 amide bonds. The van der Waals surface area contributed by atoms with Gasteiger partial charge in [0, 0.05) is 24.4 Å². The molecule has 0 unspecified atom stereocenters. The largest absolute Gasteiger partial charge is 0.416 e. The number of hydrogen-bond acceptors (Lipinski definition) is 5. The number of carbonyl (C=O) groups excluding carboxylic acids is 1. The van der Waals surface area contributed by atoms with Gasteiger partial charge in [-0.3, -0.25) is 4.79 Å². The molecule has 1 aromatic carbocycles. The van der Waals surface area contributed by atoms with Crippen molar-refractivity contribution >= 4 is 23.4 Å². The van der Waals surface area contributed by atoms with E-state index >= 15 is 0 Å². The minimum absolute atomic E-state index is 0.121. The molecule has 0 aliphatic carbocycles.